The molecule has 0 aliphatic heterocycles. The Balaban J connectivity index is 1.92. The standard InChI is InChI=1S/C17H20ClN3O3/c1-16(15(22)23)7-6-13(8-12-2-4-14(18)5-3-12)17(16,24)9-21-11-19-10-20-21/h2-5,10-11,13,24H,6-9H2,1H3,(H,22,23)/t13-,16+,17-/m1/s1. The Kier molecular flexibility index (Phi) is 4.36. The lowest BCUT2D eigenvalue weighted by molar-refractivity contribution is -0.169. The SMILES string of the molecule is C[C@@]1(C(=O)O)CC[C@H](Cc2ccc(Cl)cc2)[C@]1(O)Cn1cncn1. The average molecular weight is 350 g/mol. The van der Waals surface area contributed by atoms with Crippen LogP contribution in [0.3, 0.4) is 0 Å². The predicted octanol–water partition coefficient (Wildman–Crippen LogP) is 2.41. The van der Waals surface area contributed by atoms with Crippen LogP contribution in [0.2, 0.25) is 5.02 Å². The van der Waals surface area contributed by atoms with Gasteiger partial charge in [0.1, 0.15) is 18.3 Å². The van der Waals surface area contributed by atoms with E-state index in [1.807, 2.05) is 12.1 Å². The van der Waals surface area contributed by atoms with Gasteiger partial charge in [-0.25, -0.2) is 4.98 Å². The summed E-state index contributed by atoms with van der Waals surface area (Å²) in [4.78, 5) is 15.8. The lowest BCUT2D eigenvalue weighted by Gasteiger charge is -2.40. The summed E-state index contributed by atoms with van der Waals surface area (Å²) in [5.41, 5.74) is -1.61. The van der Waals surface area contributed by atoms with E-state index in [0.717, 1.165) is 5.56 Å². The molecule has 6 nitrogen and oxygen atoms in total. The third-order valence-corrected chi connectivity index (χ3v) is 5.61. The van der Waals surface area contributed by atoms with Gasteiger partial charge in [0.05, 0.1) is 12.0 Å². The third kappa shape index (κ3) is 2.80. The first-order valence-corrected chi connectivity index (χ1v) is 8.25. The number of aliphatic hydroxyl groups is 1. The Morgan fingerprint density at radius 1 is 1.42 bits per heavy atom. The molecule has 0 radical (unpaired) electrons. The molecule has 2 N–H and O–H groups in total. The number of benzene rings is 1. The fraction of sp³-hybridized carbons (Fsp3) is 0.471. The molecule has 1 aliphatic carbocycles. The molecule has 0 spiro atoms. The fourth-order valence-electron chi connectivity index (χ4n) is 3.70. The summed E-state index contributed by atoms with van der Waals surface area (Å²) in [7, 11) is 0. The number of halogens is 1. The van der Waals surface area contributed by atoms with Gasteiger partial charge in [-0.15, -0.1) is 0 Å². The second-order valence-corrected chi connectivity index (χ2v) is 7.16. The lowest BCUT2D eigenvalue weighted by atomic mass is 9.71. The third-order valence-electron chi connectivity index (χ3n) is 5.36. The summed E-state index contributed by atoms with van der Waals surface area (Å²) in [6.07, 6.45) is 4.52. The molecule has 24 heavy (non-hydrogen) atoms. The molecule has 0 amide bonds. The van der Waals surface area contributed by atoms with E-state index in [2.05, 4.69) is 10.1 Å². The quantitative estimate of drug-likeness (QED) is 0.865. The number of hydrogen-bond donors (Lipinski definition) is 2. The van der Waals surface area contributed by atoms with E-state index in [0.29, 0.717) is 24.3 Å². The van der Waals surface area contributed by atoms with E-state index in [-0.39, 0.29) is 12.5 Å². The Hall–Kier alpha value is -1.92. The van der Waals surface area contributed by atoms with Crippen LogP contribution in [0.1, 0.15) is 25.3 Å². The van der Waals surface area contributed by atoms with Crippen molar-refractivity contribution < 1.29 is 15.0 Å². The van der Waals surface area contributed by atoms with E-state index < -0.39 is 17.0 Å². The molecule has 128 valence electrons. The van der Waals surface area contributed by atoms with E-state index in [1.54, 1.807) is 19.1 Å². The summed E-state index contributed by atoms with van der Waals surface area (Å²) < 4.78 is 1.50. The molecule has 7 heteroatoms. The van der Waals surface area contributed by atoms with E-state index >= 15 is 0 Å². The molecule has 1 heterocycles. The van der Waals surface area contributed by atoms with Crippen molar-refractivity contribution in [3.8, 4) is 0 Å². The molecule has 0 unspecified atom stereocenters. The van der Waals surface area contributed by atoms with Crippen molar-refractivity contribution in [3.05, 3.63) is 47.5 Å². The summed E-state index contributed by atoms with van der Waals surface area (Å²) in [6, 6.07) is 7.43. The maximum absolute atomic E-state index is 11.9. The zero-order chi connectivity index (χ0) is 17.4. The first kappa shape index (κ1) is 16.9. The van der Waals surface area contributed by atoms with Crippen LogP contribution >= 0.6 is 11.6 Å². The van der Waals surface area contributed by atoms with Crippen LogP contribution in [-0.2, 0) is 17.8 Å². The van der Waals surface area contributed by atoms with Gasteiger partial charge in [-0.1, -0.05) is 23.7 Å². The van der Waals surface area contributed by atoms with Gasteiger partial charge < -0.3 is 10.2 Å². The van der Waals surface area contributed by atoms with Crippen LogP contribution in [0.4, 0.5) is 0 Å². The number of aliphatic carboxylic acids is 1. The largest absolute Gasteiger partial charge is 0.481 e. The normalized spacial score (nSPS) is 29.7. The second kappa shape index (κ2) is 6.18. The smallest absolute Gasteiger partial charge is 0.312 e. The highest BCUT2D eigenvalue weighted by Crippen LogP contribution is 2.52. The minimum atomic E-state index is -1.41. The van der Waals surface area contributed by atoms with Crippen molar-refractivity contribution in [1.82, 2.24) is 14.8 Å². The van der Waals surface area contributed by atoms with Gasteiger partial charge in [0.25, 0.3) is 0 Å². The van der Waals surface area contributed by atoms with Gasteiger partial charge in [-0.05, 0) is 49.8 Å². The second-order valence-electron chi connectivity index (χ2n) is 6.72. The minimum absolute atomic E-state index is 0.105. The molecule has 3 atom stereocenters. The van der Waals surface area contributed by atoms with Gasteiger partial charge in [0, 0.05) is 5.02 Å². The topological polar surface area (TPSA) is 88.2 Å². The first-order chi connectivity index (χ1) is 11.3. The molecule has 1 fully saturated rings. The van der Waals surface area contributed by atoms with Crippen molar-refractivity contribution in [2.75, 3.05) is 0 Å². The van der Waals surface area contributed by atoms with Crippen molar-refractivity contribution in [3.63, 3.8) is 0 Å². The summed E-state index contributed by atoms with van der Waals surface area (Å²) in [5.74, 6) is -1.17. The van der Waals surface area contributed by atoms with Gasteiger partial charge in [-0.3, -0.25) is 9.48 Å². The van der Waals surface area contributed by atoms with E-state index in [9.17, 15) is 15.0 Å². The molecular weight excluding hydrogens is 330 g/mol. The van der Waals surface area contributed by atoms with Gasteiger partial charge in [-0.2, -0.15) is 5.10 Å². The number of aromatic nitrogens is 3. The Labute approximate surface area is 145 Å². The number of nitrogens with zero attached hydrogens (tertiary/aromatic N) is 3. The van der Waals surface area contributed by atoms with Crippen molar-refractivity contribution in [2.45, 2.75) is 38.3 Å². The molecule has 3 rings (SSSR count). The van der Waals surface area contributed by atoms with Crippen molar-refractivity contribution in [1.29, 1.82) is 0 Å². The zero-order valence-electron chi connectivity index (χ0n) is 13.4. The Morgan fingerprint density at radius 3 is 2.71 bits per heavy atom. The lowest BCUT2D eigenvalue weighted by Crippen LogP contribution is -2.54. The minimum Gasteiger partial charge on any atom is -0.481 e. The van der Waals surface area contributed by atoms with Crippen molar-refractivity contribution in [2.24, 2.45) is 11.3 Å². The first-order valence-electron chi connectivity index (χ1n) is 7.88. The fourth-order valence-corrected chi connectivity index (χ4v) is 3.83. The summed E-state index contributed by atoms with van der Waals surface area (Å²) in [5, 5.41) is 25.9. The number of hydrogen-bond acceptors (Lipinski definition) is 4. The highest BCUT2D eigenvalue weighted by Gasteiger charge is 2.61. The highest BCUT2D eigenvalue weighted by atomic mass is 35.5. The molecular formula is C17H20ClN3O3. The number of rotatable bonds is 5. The zero-order valence-corrected chi connectivity index (χ0v) is 14.1. The molecule has 0 bridgehead atoms. The molecule has 0 saturated heterocycles. The average Bonchev–Trinajstić information content (AvgIpc) is 3.12. The summed E-state index contributed by atoms with van der Waals surface area (Å²) >= 11 is 5.92. The van der Waals surface area contributed by atoms with Crippen LogP contribution in [0.15, 0.2) is 36.9 Å². The van der Waals surface area contributed by atoms with E-state index in [4.69, 9.17) is 11.6 Å². The Morgan fingerprint density at radius 2 is 2.12 bits per heavy atom. The van der Waals surface area contributed by atoms with E-state index in [1.165, 1.54) is 17.3 Å². The van der Waals surface area contributed by atoms with Gasteiger partial charge in [0.15, 0.2) is 0 Å². The maximum Gasteiger partial charge on any atom is 0.312 e. The highest BCUT2D eigenvalue weighted by molar-refractivity contribution is 6.30. The predicted molar refractivity (Wildman–Crippen MR) is 88.6 cm³/mol. The van der Waals surface area contributed by atoms with Crippen molar-refractivity contribution >= 4 is 17.6 Å². The maximum atomic E-state index is 11.9. The van der Waals surface area contributed by atoms with Crippen LogP contribution in [0.25, 0.3) is 0 Å². The number of carboxylic acids is 1. The van der Waals surface area contributed by atoms with Crippen LogP contribution < -0.4 is 0 Å². The molecule has 1 aromatic heterocycles. The Bertz CT molecular complexity index is 719. The molecule has 1 saturated carbocycles. The van der Waals surface area contributed by atoms with Crippen LogP contribution in [0.5, 0.6) is 0 Å². The summed E-state index contributed by atoms with van der Waals surface area (Å²) in [6.45, 7) is 1.72. The number of carboxylic acid groups (broad SMARTS) is 1. The van der Waals surface area contributed by atoms with Gasteiger partial charge >= 0.3 is 5.97 Å². The van der Waals surface area contributed by atoms with Crippen LogP contribution in [0, 0.1) is 11.3 Å². The van der Waals surface area contributed by atoms with Gasteiger partial charge in [0.2, 0.25) is 0 Å². The molecule has 1 aromatic carbocycles. The van der Waals surface area contributed by atoms with Crippen LogP contribution in [-0.4, -0.2) is 36.5 Å². The molecule has 2 aromatic rings. The molecule has 1 aliphatic rings. The number of carbonyl (C=O) groups is 1. The monoisotopic (exact) mass is 349 g/mol.